The molecule has 0 fully saturated rings. The molecule has 0 aromatic heterocycles. The third kappa shape index (κ3) is 2.33. The minimum Gasteiger partial charge on any atom is -0.454 e. The van der Waals surface area contributed by atoms with Gasteiger partial charge in [-0.05, 0) is 36.4 Å². The van der Waals surface area contributed by atoms with Gasteiger partial charge in [-0.15, -0.1) is 0 Å². The molecule has 0 radical (unpaired) electrons. The molecule has 0 aliphatic heterocycles. The number of benzene rings is 2. The number of hydrogen-bond donors (Lipinski definition) is 1. The molecular formula is C12H8F3NO. The van der Waals surface area contributed by atoms with Gasteiger partial charge in [0.25, 0.3) is 0 Å². The fourth-order valence-electron chi connectivity index (χ4n) is 1.25. The van der Waals surface area contributed by atoms with E-state index in [-0.39, 0.29) is 11.5 Å². The standard InChI is InChI=1S/C12H8F3NO/c13-9-5-6-10(12(15)11(9)14)17-8-3-1-7(16)2-4-8/h1-6H,16H2. The highest BCUT2D eigenvalue weighted by Crippen LogP contribution is 2.27. The van der Waals surface area contributed by atoms with E-state index in [4.69, 9.17) is 10.5 Å². The van der Waals surface area contributed by atoms with Gasteiger partial charge in [0, 0.05) is 5.69 Å². The van der Waals surface area contributed by atoms with E-state index in [0.717, 1.165) is 12.1 Å². The molecule has 5 heteroatoms. The molecule has 17 heavy (non-hydrogen) atoms. The summed E-state index contributed by atoms with van der Waals surface area (Å²) in [7, 11) is 0. The van der Waals surface area contributed by atoms with Gasteiger partial charge in [0.15, 0.2) is 17.4 Å². The summed E-state index contributed by atoms with van der Waals surface area (Å²) in [6.07, 6.45) is 0. The van der Waals surface area contributed by atoms with Crippen molar-refractivity contribution in [3.63, 3.8) is 0 Å². The third-order valence-corrected chi connectivity index (χ3v) is 2.11. The van der Waals surface area contributed by atoms with Gasteiger partial charge in [0.05, 0.1) is 0 Å². The Labute approximate surface area is 95.4 Å². The van der Waals surface area contributed by atoms with Gasteiger partial charge in [0.2, 0.25) is 5.82 Å². The van der Waals surface area contributed by atoms with Crippen LogP contribution in [0.15, 0.2) is 36.4 Å². The number of nitrogen functional groups attached to an aromatic ring is 1. The Hall–Kier alpha value is -2.17. The predicted molar refractivity (Wildman–Crippen MR) is 57.2 cm³/mol. The Balaban J connectivity index is 2.30. The smallest absolute Gasteiger partial charge is 0.204 e. The van der Waals surface area contributed by atoms with Crippen molar-refractivity contribution in [1.29, 1.82) is 0 Å². The summed E-state index contributed by atoms with van der Waals surface area (Å²) in [5, 5.41) is 0. The Bertz CT molecular complexity index is 540. The molecule has 0 aliphatic rings. The average molecular weight is 239 g/mol. The molecule has 0 spiro atoms. The Morgan fingerprint density at radius 3 is 2.12 bits per heavy atom. The van der Waals surface area contributed by atoms with Crippen LogP contribution in [0.4, 0.5) is 18.9 Å². The molecule has 0 saturated carbocycles. The lowest BCUT2D eigenvalue weighted by Gasteiger charge is -2.07. The first-order valence-corrected chi connectivity index (χ1v) is 4.75. The van der Waals surface area contributed by atoms with E-state index in [2.05, 4.69) is 0 Å². The first-order valence-electron chi connectivity index (χ1n) is 4.75. The van der Waals surface area contributed by atoms with Crippen molar-refractivity contribution >= 4 is 5.69 Å². The van der Waals surface area contributed by atoms with Gasteiger partial charge >= 0.3 is 0 Å². The van der Waals surface area contributed by atoms with Gasteiger partial charge in [-0.25, -0.2) is 8.78 Å². The number of halogens is 3. The molecule has 88 valence electrons. The summed E-state index contributed by atoms with van der Waals surface area (Å²) >= 11 is 0. The van der Waals surface area contributed by atoms with E-state index < -0.39 is 17.5 Å². The van der Waals surface area contributed by atoms with Crippen LogP contribution in [0.3, 0.4) is 0 Å². The fourth-order valence-corrected chi connectivity index (χ4v) is 1.25. The Morgan fingerprint density at radius 1 is 0.824 bits per heavy atom. The minimum atomic E-state index is -1.56. The lowest BCUT2D eigenvalue weighted by atomic mass is 10.3. The highest BCUT2D eigenvalue weighted by Gasteiger charge is 2.14. The van der Waals surface area contributed by atoms with E-state index in [1.807, 2.05) is 0 Å². The maximum Gasteiger partial charge on any atom is 0.204 e. The van der Waals surface area contributed by atoms with Crippen LogP contribution in [0, 0.1) is 17.5 Å². The monoisotopic (exact) mass is 239 g/mol. The first-order chi connectivity index (χ1) is 8.08. The second-order valence-corrected chi connectivity index (χ2v) is 3.34. The van der Waals surface area contributed by atoms with Crippen molar-refractivity contribution in [2.75, 3.05) is 5.73 Å². The van der Waals surface area contributed by atoms with E-state index >= 15 is 0 Å². The summed E-state index contributed by atoms with van der Waals surface area (Å²) < 4.78 is 43.9. The van der Waals surface area contributed by atoms with E-state index in [9.17, 15) is 13.2 Å². The van der Waals surface area contributed by atoms with Crippen molar-refractivity contribution in [3.05, 3.63) is 53.8 Å². The zero-order chi connectivity index (χ0) is 12.4. The molecule has 0 amide bonds. The zero-order valence-corrected chi connectivity index (χ0v) is 8.58. The number of rotatable bonds is 2. The maximum atomic E-state index is 13.3. The molecule has 0 saturated heterocycles. The average Bonchev–Trinajstić information content (AvgIpc) is 2.33. The molecule has 2 aromatic carbocycles. The SMILES string of the molecule is Nc1ccc(Oc2ccc(F)c(F)c2F)cc1. The number of nitrogens with two attached hydrogens (primary N) is 1. The Morgan fingerprint density at radius 2 is 1.47 bits per heavy atom. The van der Waals surface area contributed by atoms with Crippen molar-refractivity contribution in [1.82, 2.24) is 0 Å². The molecule has 0 aliphatic carbocycles. The highest BCUT2D eigenvalue weighted by atomic mass is 19.2. The zero-order valence-electron chi connectivity index (χ0n) is 8.58. The molecule has 0 bridgehead atoms. The molecule has 0 unspecified atom stereocenters. The maximum absolute atomic E-state index is 13.3. The second kappa shape index (κ2) is 4.37. The van der Waals surface area contributed by atoms with Crippen LogP contribution < -0.4 is 10.5 Å². The fraction of sp³-hybridized carbons (Fsp3) is 0. The molecule has 0 heterocycles. The predicted octanol–water partition coefficient (Wildman–Crippen LogP) is 3.48. The van der Waals surface area contributed by atoms with Crippen LogP contribution in [-0.2, 0) is 0 Å². The number of hydrogen-bond acceptors (Lipinski definition) is 2. The van der Waals surface area contributed by atoms with Crippen LogP contribution in [0.25, 0.3) is 0 Å². The third-order valence-electron chi connectivity index (χ3n) is 2.11. The summed E-state index contributed by atoms with van der Waals surface area (Å²) in [6.45, 7) is 0. The van der Waals surface area contributed by atoms with Crippen molar-refractivity contribution in [2.24, 2.45) is 0 Å². The molecule has 0 atom stereocenters. The van der Waals surface area contributed by atoms with E-state index in [1.54, 1.807) is 12.1 Å². The molecular weight excluding hydrogens is 231 g/mol. The molecule has 2 nitrogen and oxygen atoms in total. The minimum absolute atomic E-state index is 0.282. The molecule has 2 rings (SSSR count). The topological polar surface area (TPSA) is 35.2 Å². The van der Waals surface area contributed by atoms with Crippen LogP contribution >= 0.6 is 0 Å². The quantitative estimate of drug-likeness (QED) is 0.643. The lowest BCUT2D eigenvalue weighted by Crippen LogP contribution is -1.95. The van der Waals surface area contributed by atoms with Gasteiger partial charge in [-0.2, -0.15) is 4.39 Å². The van der Waals surface area contributed by atoms with Crippen LogP contribution in [0.5, 0.6) is 11.5 Å². The summed E-state index contributed by atoms with van der Waals surface area (Å²) in [5.74, 6) is -4.27. The van der Waals surface area contributed by atoms with Crippen molar-refractivity contribution in [3.8, 4) is 11.5 Å². The van der Waals surface area contributed by atoms with Crippen molar-refractivity contribution in [2.45, 2.75) is 0 Å². The normalized spacial score (nSPS) is 10.3. The highest BCUT2D eigenvalue weighted by molar-refractivity contribution is 5.43. The summed E-state index contributed by atoms with van der Waals surface area (Å²) in [6, 6.07) is 7.90. The summed E-state index contributed by atoms with van der Waals surface area (Å²) in [4.78, 5) is 0. The largest absolute Gasteiger partial charge is 0.454 e. The van der Waals surface area contributed by atoms with E-state index in [1.165, 1.54) is 12.1 Å². The van der Waals surface area contributed by atoms with Gasteiger partial charge in [0.1, 0.15) is 5.75 Å². The van der Waals surface area contributed by atoms with Crippen LogP contribution in [0.2, 0.25) is 0 Å². The summed E-state index contributed by atoms with van der Waals surface area (Å²) in [5.41, 5.74) is 5.97. The Kier molecular flexibility index (Phi) is 2.91. The molecule has 2 N–H and O–H groups in total. The first kappa shape index (κ1) is 11.3. The van der Waals surface area contributed by atoms with Gasteiger partial charge < -0.3 is 10.5 Å². The lowest BCUT2D eigenvalue weighted by molar-refractivity contribution is 0.394. The van der Waals surface area contributed by atoms with Crippen LogP contribution in [0.1, 0.15) is 0 Å². The van der Waals surface area contributed by atoms with Crippen LogP contribution in [-0.4, -0.2) is 0 Å². The van der Waals surface area contributed by atoms with Gasteiger partial charge in [-0.1, -0.05) is 0 Å². The molecule has 2 aromatic rings. The number of anilines is 1. The second-order valence-electron chi connectivity index (χ2n) is 3.34. The number of ether oxygens (including phenoxy) is 1. The van der Waals surface area contributed by atoms with E-state index in [0.29, 0.717) is 5.69 Å². The van der Waals surface area contributed by atoms with Crippen molar-refractivity contribution < 1.29 is 17.9 Å². The van der Waals surface area contributed by atoms with Gasteiger partial charge in [-0.3, -0.25) is 0 Å².